The van der Waals surface area contributed by atoms with Crippen molar-refractivity contribution in [3.05, 3.63) is 82.1 Å². The second-order valence-electron chi connectivity index (χ2n) is 5.12. The highest BCUT2D eigenvalue weighted by Gasteiger charge is 2.10. The van der Waals surface area contributed by atoms with E-state index in [2.05, 4.69) is 27.4 Å². The normalized spacial score (nSPS) is 10.4. The molecule has 2 heterocycles. The van der Waals surface area contributed by atoms with Crippen LogP contribution in [0.5, 0.6) is 0 Å². The van der Waals surface area contributed by atoms with Gasteiger partial charge in [0, 0.05) is 36.7 Å². The molecule has 0 unspecified atom stereocenters. The van der Waals surface area contributed by atoms with E-state index in [-0.39, 0.29) is 5.91 Å². The van der Waals surface area contributed by atoms with Crippen LogP contribution in [-0.4, -0.2) is 22.4 Å². The molecule has 0 radical (unpaired) electrons. The Morgan fingerprint density at radius 2 is 1.91 bits per heavy atom. The Hall–Kier alpha value is -2.53. The monoisotopic (exact) mass is 323 g/mol. The van der Waals surface area contributed by atoms with Gasteiger partial charge in [-0.1, -0.05) is 36.4 Å². The van der Waals surface area contributed by atoms with Crippen molar-refractivity contribution in [2.75, 3.05) is 6.54 Å². The molecule has 3 aromatic rings. The molecule has 0 fully saturated rings. The molecule has 0 saturated carbocycles. The van der Waals surface area contributed by atoms with E-state index in [0.29, 0.717) is 18.7 Å². The summed E-state index contributed by atoms with van der Waals surface area (Å²) in [7, 11) is 0. The van der Waals surface area contributed by atoms with Crippen molar-refractivity contribution in [3.63, 3.8) is 0 Å². The number of hydrogen-bond acceptors (Lipinski definition) is 4. The van der Waals surface area contributed by atoms with E-state index in [9.17, 15) is 4.79 Å². The molecular weight excluding hydrogens is 306 g/mol. The topological polar surface area (TPSA) is 54.9 Å². The Kier molecular flexibility index (Phi) is 5.11. The molecule has 1 aromatic carbocycles. The number of benzene rings is 1. The minimum absolute atomic E-state index is 0.128. The van der Waals surface area contributed by atoms with Gasteiger partial charge in [0.05, 0.1) is 5.01 Å². The summed E-state index contributed by atoms with van der Waals surface area (Å²) >= 11 is 1.52. The fraction of sp³-hybridized carbons (Fsp3) is 0.167. The Bertz CT molecular complexity index is 756. The molecule has 0 aliphatic heterocycles. The molecule has 0 bridgehead atoms. The van der Waals surface area contributed by atoms with Gasteiger partial charge in [-0.25, -0.2) is 4.98 Å². The van der Waals surface area contributed by atoms with Gasteiger partial charge in [-0.2, -0.15) is 0 Å². The zero-order valence-corrected chi connectivity index (χ0v) is 13.4. The maximum atomic E-state index is 12.1. The van der Waals surface area contributed by atoms with Crippen LogP contribution in [0, 0.1) is 0 Å². The molecule has 23 heavy (non-hydrogen) atoms. The van der Waals surface area contributed by atoms with Crippen molar-refractivity contribution in [2.45, 2.75) is 12.8 Å². The van der Waals surface area contributed by atoms with Crippen molar-refractivity contribution < 1.29 is 4.79 Å². The summed E-state index contributed by atoms with van der Waals surface area (Å²) in [6, 6.07) is 15.9. The number of nitrogens with zero attached hydrogens (tertiary/aromatic N) is 2. The van der Waals surface area contributed by atoms with Crippen molar-refractivity contribution in [2.24, 2.45) is 0 Å². The quantitative estimate of drug-likeness (QED) is 0.758. The van der Waals surface area contributed by atoms with Crippen molar-refractivity contribution in [3.8, 4) is 0 Å². The third-order valence-electron chi connectivity index (χ3n) is 3.38. The Labute approximate surface area is 139 Å². The van der Waals surface area contributed by atoms with Crippen molar-refractivity contribution in [1.29, 1.82) is 0 Å². The number of rotatable bonds is 6. The highest BCUT2D eigenvalue weighted by molar-refractivity contribution is 7.09. The van der Waals surface area contributed by atoms with Gasteiger partial charge in [0.15, 0.2) is 0 Å². The summed E-state index contributed by atoms with van der Waals surface area (Å²) in [5, 5.41) is 5.65. The number of amides is 1. The van der Waals surface area contributed by atoms with E-state index in [1.807, 2.05) is 41.8 Å². The number of hydrogen-bond donors (Lipinski definition) is 1. The van der Waals surface area contributed by atoms with Crippen LogP contribution in [0.3, 0.4) is 0 Å². The molecule has 3 rings (SSSR count). The highest BCUT2D eigenvalue weighted by atomic mass is 32.1. The van der Waals surface area contributed by atoms with Gasteiger partial charge in [-0.15, -0.1) is 11.3 Å². The van der Waals surface area contributed by atoms with Crippen molar-refractivity contribution in [1.82, 2.24) is 15.3 Å². The van der Waals surface area contributed by atoms with E-state index >= 15 is 0 Å². The van der Waals surface area contributed by atoms with Crippen LogP contribution in [0.1, 0.15) is 26.8 Å². The first-order chi connectivity index (χ1) is 11.3. The lowest BCUT2D eigenvalue weighted by Gasteiger charge is -2.02. The lowest BCUT2D eigenvalue weighted by atomic mass is 10.2. The average Bonchev–Trinajstić information content (AvgIpc) is 3.05. The van der Waals surface area contributed by atoms with Gasteiger partial charge in [-0.05, 0) is 17.7 Å². The molecule has 5 heteroatoms. The number of aromatic nitrogens is 2. The summed E-state index contributed by atoms with van der Waals surface area (Å²) in [6.45, 7) is 0.557. The van der Waals surface area contributed by atoms with Crippen LogP contribution in [0.25, 0.3) is 0 Å². The molecule has 2 aromatic heterocycles. The zero-order chi connectivity index (χ0) is 15.9. The van der Waals surface area contributed by atoms with Gasteiger partial charge >= 0.3 is 0 Å². The summed E-state index contributed by atoms with van der Waals surface area (Å²) in [5.74, 6) is -0.128. The first-order valence-corrected chi connectivity index (χ1v) is 8.35. The minimum Gasteiger partial charge on any atom is -0.350 e. The SMILES string of the molecule is O=C(NCCc1ccccn1)c1csc(Cc2ccccc2)n1. The maximum absolute atomic E-state index is 12.1. The standard InChI is InChI=1S/C18H17N3OS/c22-18(20-11-9-15-8-4-5-10-19-15)16-13-23-17(21-16)12-14-6-2-1-3-7-14/h1-8,10,13H,9,11-12H2,(H,20,22). The van der Waals surface area contributed by atoms with Gasteiger partial charge < -0.3 is 5.32 Å². The van der Waals surface area contributed by atoms with E-state index < -0.39 is 0 Å². The van der Waals surface area contributed by atoms with Crippen LogP contribution in [-0.2, 0) is 12.8 Å². The predicted octanol–water partition coefficient (Wildman–Crippen LogP) is 3.10. The Morgan fingerprint density at radius 3 is 2.70 bits per heavy atom. The summed E-state index contributed by atoms with van der Waals surface area (Å²) < 4.78 is 0. The fourth-order valence-electron chi connectivity index (χ4n) is 2.21. The first kappa shape index (κ1) is 15.4. The molecule has 1 amide bonds. The smallest absolute Gasteiger partial charge is 0.270 e. The lowest BCUT2D eigenvalue weighted by molar-refractivity contribution is 0.0949. The van der Waals surface area contributed by atoms with E-state index in [1.54, 1.807) is 6.20 Å². The zero-order valence-electron chi connectivity index (χ0n) is 12.6. The summed E-state index contributed by atoms with van der Waals surface area (Å²) in [6.07, 6.45) is 3.23. The number of thiazole rings is 1. The number of nitrogens with one attached hydrogen (secondary N) is 1. The second kappa shape index (κ2) is 7.65. The van der Waals surface area contributed by atoms with E-state index in [0.717, 1.165) is 17.1 Å². The average molecular weight is 323 g/mol. The summed E-state index contributed by atoms with van der Waals surface area (Å²) in [5.41, 5.74) is 2.65. The predicted molar refractivity (Wildman–Crippen MR) is 91.6 cm³/mol. The molecule has 116 valence electrons. The van der Waals surface area contributed by atoms with E-state index in [1.165, 1.54) is 16.9 Å². The minimum atomic E-state index is -0.128. The van der Waals surface area contributed by atoms with Crippen LogP contribution < -0.4 is 5.32 Å². The van der Waals surface area contributed by atoms with Gasteiger partial charge in [0.2, 0.25) is 0 Å². The first-order valence-electron chi connectivity index (χ1n) is 7.48. The van der Waals surface area contributed by atoms with E-state index in [4.69, 9.17) is 0 Å². The maximum Gasteiger partial charge on any atom is 0.270 e. The highest BCUT2D eigenvalue weighted by Crippen LogP contribution is 2.14. The molecule has 0 aliphatic carbocycles. The number of carbonyl (C=O) groups is 1. The Morgan fingerprint density at radius 1 is 1.09 bits per heavy atom. The lowest BCUT2D eigenvalue weighted by Crippen LogP contribution is -2.26. The molecule has 0 atom stereocenters. The van der Waals surface area contributed by atoms with Gasteiger partial charge in [0.1, 0.15) is 5.69 Å². The molecule has 4 nitrogen and oxygen atoms in total. The molecule has 0 saturated heterocycles. The number of pyridine rings is 1. The molecule has 0 aliphatic rings. The fourth-order valence-corrected chi connectivity index (χ4v) is 3.02. The van der Waals surface area contributed by atoms with Crippen LogP contribution >= 0.6 is 11.3 Å². The van der Waals surface area contributed by atoms with Crippen LogP contribution in [0.2, 0.25) is 0 Å². The van der Waals surface area contributed by atoms with Gasteiger partial charge in [-0.3, -0.25) is 9.78 Å². The molecular formula is C18H17N3OS. The molecule has 0 spiro atoms. The van der Waals surface area contributed by atoms with Crippen molar-refractivity contribution >= 4 is 17.2 Å². The Balaban J connectivity index is 1.52. The third-order valence-corrected chi connectivity index (χ3v) is 4.22. The number of carbonyl (C=O) groups excluding carboxylic acids is 1. The van der Waals surface area contributed by atoms with Crippen LogP contribution in [0.4, 0.5) is 0 Å². The third kappa shape index (κ3) is 4.47. The molecule has 1 N–H and O–H groups in total. The second-order valence-corrected chi connectivity index (χ2v) is 6.06. The summed E-state index contributed by atoms with van der Waals surface area (Å²) in [4.78, 5) is 20.8. The largest absolute Gasteiger partial charge is 0.350 e. The van der Waals surface area contributed by atoms with Gasteiger partial charge in [0.25, 0.3) is 5.91 Å². The van der Waals surface area contributed by atoms with Crippen LogP contribution in [0.15, 0.2) is 60.1 Å².